The maximum absolute atomic E-state index is 13.3. The molecule has 1 aliphatic heterocycles. The Balaban J connectivity index is 3.16. The summed E-state index contributed by atoms with van der Waals surface area (Å²) in [6, 6.07) is 0. The second kappa shape index (κ2) is 4.85. The number of ether oxygens (including phenoxy) is 2. The fourth-order valence-corrected chi connectivity index (χ4v) is 1.53. The Hall–Kier alpha value is -0.860. The van der Waals surface area contributed by atoms with Crippen molar-refractivity contribution >= 4 is 15.4 Å². The van der Waals surface area contributed by atoms with Gasteiger partial charge in [0.25, 0.3) is 0 Å². The van der Waals surface area contributed by atoms with Crippen LogP contribution in [0.25, 0.3) is 0 Å². The molecular formula is C8H7F8O3P. The summed E-state index contributed by atoms with van der Waals surface area (Å²) < 4.78 is 112. The van der Waals surface area contributed by atoms with Crippen LogP contribution in [0, 0.1) is 0 Å². The van der Waals surface area contributed by atoms with E-state index in [2.05, 4.69) is 9.47 Å². The summed E-state index contributed by atoms with van der Waals surface area (Å²) >= 11 is 0. The summed E-state index contributed by atoms with van der Waals surface area (Å²) in [5.74, 6) is -24.0. The molecule has 0 aromatic heterocycles. The molecule has 1 rings (SSSR count). The van der Waals surface area contributed by atoms with Crippen LogP contribution in [0.5, 0.6) is 0 Å². The Morgan fingerprint density at radius 3 is 1.90 bits per heavy atom. The van der Waals surface area contributed by atoms with Gasteiger partial charge in [-0.15, -0.1) is 9.24 Å². The van der Waals surface area contributed by atoms with Crippen molar-refractivity contribution in [2.75, 3.05) is 12.8 Å². The molecule has 0 N–H and O–H groups in total. The van der Waals surface area contributed by atoms with Crippen molar-refractivity contribution in [1.82, 2.24) is 0 Å². The lowest BCUT2D eigenvalue weighted by atomic mass is 9.96. The maximum atomic E-state index is 13.3. The van der Waals surface area contributed by atoms with E-state index in [0.717, 1.165) is 9.24 Å². The summed E-state index contributed by atoms with van der Waals surface area (Å²) in [4.78, 5) is 10.4. The van der Waals surface area contributed by atoms with E-state index >= 15 is 0 Å². The third-order valence-electron chi connectivity index (χ3n) is 2.52. The van der Waals surface area contributed by atoms with Gasteiger partial charge in [-0.25, -0.2) is 4.79 Å². The largest absolute Gasteiger partial charge is 0.509 e. The van der Waals surface area contributed by atoms with Gasteiger partial charge in [0, 0.05) is 6.16 Å². The predicted molar refractivity (Wildman–Crippen MR) is 50.6 cm³/mol. The molecule has 0 saturated carbocycles. The maximum Gasteiger partial charge on any atom is 0.509 e. The van der Waals surface area contributed by atoms with Crippen LogP contribution in [-0.2, 0) is 9.47 Å². The molecule has 1 fully saturated rings. The Morgan fingerprint density at radius 2 is 1.55 bits per heavy atom. The van der Waals surface area contributed by atoms with Crippen LogP contribution in [0.2, 0.25) is 0 Å². The van der Waals surface area contributed by atoms with Crippen LogP contribution < -0.4 is 0 Å². The van der Waals surface area contributed by atoms with Crippen LogP contribution in [0.1, 0.15) is 0 Å². The summed E-state index contributed by atoms with van der Waals surface area (Å²) in [6.07, 6.45) is -6.74. The van der Waals surface area contributed by atoms with Crippen molar-refractivity contribution in [2.45, 2.75) is 29.8 Å². The Bertz CT molecular complexity index is 399. The second-order valence-electron chi connectivity index (χ2n) is 3.85. The molecular weight excluding hydrogens is 327 g/mol. The predicted octanol–water partition coefficient (Wildman–Crippen LogP) is 2.94. The third-order valence-corrected chi connectivity index (χ3v) is 3.04. The molecule has 1 saturated heterocycles. The number of cyclic esters (lactones) is 2. The van der Waals surface area contributed by atoms with Gasteiger partial charge in [-0.05, 0) is 0 Å². The van der Waals surface area contributed by atoms with E-state index in [1.165, 1.54) is 0 Å². The highest BCUT2D eigenvalue weighted by Gasteiger charge is 2.82. The van der Waals surface area contributed by atoms with E-state index in [9.17, 15) is 39.9 Å². The number of alkyl halides is 8. The first-order chi connectivity index (χ1) is 8.81. The number of hydrogen-bond donors (Lipinski definition) is 0. The summed E-state index contributed by atoms with van der Waals surface area (Å²) in [5.41, 5.74) is 0. The first-order valence-corrected chi connectivity index (χ1v) is 5.67. The van der Waals surface area contributed by atoms with Crippen molar-refractivity contribution in [3.05, 3.63) is 0 Å². The van der Waals surface area contributed by atoms with E-state index in [1.54, 1.807) is 0 Å². The molecule has 0 aromatic rings. The number of carbonyl (C=O) groups excluding carboxylic acids is 1. The molecule has 118 valence electrons. The zero-order chi connectivity index (χ0) is 16.0. The van der Waals surface area contributed by atoms with Crippen molar-refractivity contribution in [1.29, 1.82) is 0 Å². The number of halogens is 8. The van der Waals surface area contributed by atoms with Gasteiger partial charge in [0.2, 0.25) is 6.10 Å². The Kier molecular flexibility index (Phi) is 4.17. The topological polar surface area (TPSA) is 35.5 Å². The Labute approximate surface area is 108 Å². The number of carbonyl (C=O) groups is 1. The smallest absolute Gasteiger partial charge is 0.430 e. The minimum Gasteiger partial charge on any atom is -0.430 e. The molecule has 3 nitrogen and oxygen atoms in total. The van der Waals surface area contributed by atoms with Gasteiger partial charge in [-0.3, -0.25) is 0 Å². The number of rotatable bonds is 5. The van der Waals surface area contributed by atoms with E-state index in [-0.39, 0.29) is 0 Å². The molecule has 20 heavy (non-hydrogen) atoms. The van der Waals surface area contributed by atoms with Crippen molar-refractivity contribution in [3.63, 3.8) is 0 Å². The molecule has 1 heterocycles. The van der Waals surface area contributed by atoms with Crippen molar-refractivity contribution < 1.29 is 49.4 Å². The molecule has 0 aliphatic carbocycles. The fourth-order valence-electron chi connectivity index (χ4n) is 1.28. The van der Waals surface area contributed by atoms with Gasteiger partial charge < -0.3 is 9.47 Å². The van der Waals surface area contributed by atoms with Crippen LogP contribution in [0.4, 0.5) is 39.9 Å². The summed E-state index contributed by atoms with van der Waals surface area (Å²) in [5, 5.41) is 0. The van der Waals surface area contributed by atoms with Gasteiger partial charge in [0.1, 0.15) is 6.61 Å². The second-order valence-corrected chi connectivity index (χ2v) is 4.26. The third kappa shape index (κ3) is 2.29. The summed E-state index contributed by atoms with van der Waals surface area (Å²) in [7, 11) is 1.06. The van der Waals surface area contributed by atoms with Gasteiger partial charge in [0.05, 0.1) is 0 Å². The highest BCUT2D eigenvalue weighted by molar-refractivity contribution is 7.16. The molecule has 0 radical (unpaired) electrons. The van der Waals surface area contributed by atoms with Crippen molar-refractivity contribution in [3.8, 4) is 0 Å². The lowest BCUT2D eigenvalue weighted by Gasteiger charge is -2.37. The monoisotopic (exact) mass is 334 g/mol. The lowest BCUT2D eigenvalue weighted by molar-refractivity contribution is -0.372. The lowest BCUT2D eigenvalue weighted by Crippen LogP contribution is -2.66. The molecule has 0 aromatic carbocycles. The van der Waals surface area contributed by atoms with Gasteiger partial charge in [-0.1, -0.05) is 0 Å². The standard InChI is InChI=1S/C8H7F8O3P/c9-5(10,2-20)7(13,14)8(15,16)6(11,12)3-1-18-4(17)19-3/h3H,1-2,20H2. The van der Waals surface area contributed by atoms with E-state index < -0.39 is 48.7 Å². The SMILES string of the molecule is O=C1OCC(C(F)(F)C(F)(F)C(F)(F)C(F)(F)CP)O1. The van der Waals surface area contributed by atoms with E-state index in [1.807, 2.05) is 0 Å². The van der Waals surface area contributed by atoms with Crippen LogP contribution >= 0.6 is 9.24 Å². The molecule has 2 atom stereocenters. The highest BCUT2D eigenvalue weighted by Crippen LogP contribution is 2.54. The van der Waals surface area contributed by atoms with Crippen LogP contribution in [0.15, 0.2) is 0 Å². The molecule has 12 heteroatoms. The quantitative estimate of drug-likeness (QED) is 0.441. The first kappa shape index (κ1) is 17.2. The molecule has 2 unspecified atom stereocenters. The van der Waals surface area contributed by atoms with E-state index in [4.69, 9.17) is 0 Å². The van der Waals surface area contributed by atoms with Crippen molar-refractivity contribution in [2.24, 2.45) is 0 Å². The fraction of sp³-hybridized carbons (Fsp3) is 0.875. The Morgan fingerprint density at radius 1 is 1.05 bits per heavy atom. The summed E-state index contributed by atoms with van der Waals surface area (Å²) in [6.45, 7) is -1.45. The average molecular weight is 334 g/mol. The minimum absolute atomic E-state index is 1.06. The molecule has 0 bridgehead atoms. The zero-order valence-electron chi connectivity index (χ0n) is 9.32. The van der Waals surface area contributed by atoms with Gasteiger partial charge in [0.15, 0.2) is 0 Å². The van der Waals surface area contributed by atoms with Gasteiger partial charge in [-0.2, -0.15) is 35.1 Å². The van der Waals surface area contributed by atoms with Crippen LogP contribution in [-0.4, -0.2) is 48.7 Å². The molecule has 1 aliphatic rings. The molecule has 0 amide bonds. The number of hydrogen-bond acceptors (Lipinski definition) is 3. The first-order valence-electron chi connectivity index (χ1n) is 4.86. The minimum atomic E-state index is -6.46. The highest BCUT2D eigenvalue weighted by atomic mass is 31.0. The van der Waals surface area contributed by atoms with Crippen LogP contribution in [0.3, 0.4) is 0 Å². The van der Waals surface area contributed by atoms with Gasteiger partial charge >= 0.3 is 29.8 Å². The normalized spacial score (nSPS) is 21.6. The zero-order valence-corrected chi connectivity index (χ0v) is 10.5. The molecule has 0 spiro atoms. The average Bonchev–Trinajstić information content (AvgIpc) is 2.75. The van der Waals surface area contributed by atoms with E-state index in [0.29, 0.717) is 0 Å².